The van der Waals surface area contributed by atoms with Crippen molar-refractivity contribution < 1.29 is 47.7 Å². The van der Waals surface area contributed by atoms with Gasteiger partial charge in [0.05, 0.1) is 51.3 Å². The lowest BCUT2D eigenvalue weighted by molar-refractivity contribution is -0.178. The maximum absolute atomic E-state index is 12.7. The number of carbonyl (C=O) groups excluding carboxylic acids is 5. The molecule has 0 aliphatic heterocycles. The molecule has 10 nitrogen and oxygen atoms in total. The zero-order valence-electron chi connectivity index (χ0n) is 17.6. The first-order valence-corrected chi connectivity index (χ1v) is 9.60. The zero-order chi connectivity index (χ0) is 22.4. The van der Waals surface area contributed by atoms with Crippen molar-refractivity contribution in [2.75, 3.05) is 33.0 Å². The molecule has 0 saturated heterocycles. The van der Waals surface area contributed by atoms with Crippen molar-refractivity contribution >= 4 is 29.8 Å². The molecule has 0 heterocycles. The van der Waals surface area contributed by atoms with Crippen LogP contribution in [0.2, 0.25) is 0 Å². The molecule has 0 aromatic rings. The molecule has 0 aromatic carbocycles. The predicted molar refractivity (Wildman–Crippen MR) is 98.3 cm³/mol. The van der Waals surface area contributed by atoms with Gasteiger partial charge in [0, 0.05) is 0 Å². The van der Waals surface area contributed by atoms with E-state index in [9.17, 15) is 24.0 Å². The minimum atomic E-state index is -1.81. The van der Waals surface area contributed by atoms with Gasteiger partial charge in [-0.25, -0.2) is 0 Å². The van der Waals surface area contributed by atoms with Gasteiger partial charge < -0.3 is 23.7 Å². The molecule has 0 aliphatic rings. The molecule has 0 aliphatic carbocycles. The van der Waals surface area contributed by atoms with Crippen LogP contribution in [0.5, 0.6) is 0 Å². The summed E-state index contributed by atoms with van der Waals surface area (Å²) >= 11 is 0. The molecule has 2 atom stereocenters. The molecule has 29 heavy (non-hydrogen) atoms. The summed E-state index contributed by atoms with van der Waals surface area (Å²) in [5.74, 6) is -9.91. The van der Waals surface area contributed by atoms with Gasteiger partial charge in [-0.05, 0) is 34.6 Å². The fourth-order valence-electron chi connectivity index (χ4n) is 2.63. The molecule has 0 aromatic heterocycles. The molecule has 0 fully saturated rings. The lowest BCUT2D eigenvalue weighted by Crippen LogP contribution is -2.46. The van der Waals surface area contributed by atoms with E-state index in [0.717, 1.165) is 0 Å². The van der Waals surface area contributed by atoms with Crippen LogP contribution in [0.3, 0.4) is 0 Å². The van der Waals surface area contributed by atoms with E-state index >= 15 is 0 Å². The van der Waals surface area contributed by atoms with E-state index in [2.05, 4.69) is 0 Å². The summed E-state index contributed by atoms with van der Waals surface area (Å²) in [5, 5.41) is 0. The highest BCUT2D eigenvalue weighted by Crippen LogP contribution is 2.30. The smallest absolute Gasteiger partial charge is 0.321 e. The first-order valence-electron chi connectivity index (χ1n) is 9.60. The Bertz CT molecular complexity index is 553. The number of hydrogen-bond acceptors (Lipinski definition) is 10. The maximum atomic E-state index is 12.7. The molecule has 0 bridgehead atoms. The van der Waals surface area contributed by atoms with Gasteiger partial charge >= 0.3 is 29.8 Å². The highest BCUT2D eigenvalue weighted by Gasteiger charge is 2.50. The quantitative estimate of drug-likeness (QED) is 0.243. The topological polar surface area (TPSA) is 132 Å². The number of ether oxygens (including phenoxy) is 5. The Morgan fingerprint density at radius 3 is 1.34 bits per heavy atom. The van der Waals surface area contributed by atoms with E-state index in [0.29, 0.717) is 0 Å². The summed E-state index contributed by atoms with van der Waals surface area (Å²) in [6.07, 6.45) is -0.592. The van der Waals surface area contributed by atoms with E-state index in [1.54, 1.807) is 6.92 Å². The van der Waals surface area contributed by atoms with Gasteiger partial charge in [-0.15, -0.1) is 0 Å². The van der Waals surface area contributed by atoms with Gasteiger partial charge in [-0.1, -0.05) is 0 Å². The van der Waals surface area contributed by atoms with Gasteiger partial charge in [0.15, 0.2) is 5.92 Å². The Balaban J connectivity index is 6.30. The van der Waals surface area contributed by atoms with E-state index < -0.39 is 54.0 Å². The van der Waals surface area contributed by atoms with Crippen LogP contribution in [0.4, 0.5) is 0 Å². The third-order valence-electron chi connectivity index (χ3n) is 3.71. The number of esters is 5. The predicted octanol–water partition coefficient (Wildman–Crippen LogP) is 1.04. The van der Waals surface area contributed by atoms with Gasteiger partial charge in [0.1, 0.15) is 0 Å². The van der Waals surface area contributed by atoms with Crippen LogP contribution < -0.4 is 0 Å². The summed E-state index contributed by atoms with van der Waals surface area (Å²) < 4.78 is 24.6. The Morgan fingerprint density at radius 2 is 0.931 bits per heavy atom. The average molecular weight is 418 g/mol. The zero-order valence-corrected chi connectivity index (χ0v) is 17.6. The molecule has 0 radical (unpaired) electrons. The maximum Gasteiger partial charge on any atom is 0.321 e. The van der Waals surface area contributed by atoms with Crippen molar-refractivity contribution in [3.8, 4) is 0 Å². The number of rotatable bonds is 13. The third-order valence-corrected chi connectivity index (χ3v) is 3.71. The SMILES string of the molecule is CCOC(=O)CC(C(=O)OCC)C(C(=O)OCC)C(C(=O)OCC)C(=O)OCC. The lowest BCUT2D eigenvalue weighted by atomic mass is 9.79. The van der Waals surface area contributed by atoms with Gasteiger partial charge in [0.2, 0.25) is 0 Å². The molecular weight excluding hydrogens is 388 g/mol. The van der Waals surface area contributed by atoms with Gasteiger partial charge in [-0.3, -0.25) is 24.0 Å². The number of carbonyl (C=O) groups is 5. The first kappa shape index (κ1) is 26.4. The largest absolute Gasteiger partial charge is 0.466 e. The normalized spacial score (nSPS) is 12.5. The average Bonchev–Trinajstić information content (AvgIpc) is 2.65. The Morgan fingerprint density at radius 1 is 0.552 bits per heavy atom. The summed E-state index contributed by atoms with van der Waals surface area (Å²) in [6.45, 7) is 7.41. The number of hydrogen-bond donors (Lipinski definition) is 0. The molecule has 166 valence electrons. The van der Waals surface area contributed by atoms with E-state index in [1.165, 1.54) is 27.7 Å². The van der Waals surface area contributed by atoms with E-state index in [4.69, 9.17) is 23.7 Å². The molecule has 0 saturated carbocycles. The van der Waals surface area contributed by atoms with Crippen molar-refractivity contribution in [2.24, 2.45) is 17.8 Å². The van der Waals surface area contributed by atoms with Crippen LogP contribution in [0.1, 0.15) is 41.0 Å². The van der Waals surface area contributed by atoms with Crippen LogP contribution in [0.15, 0.2) is 0 Å². The Kier molecular flexibility index (Phi) is 13.0. The van der Waals surface area contributed by atoms with Crippen LogP contribution in [0.25, 0.3) is 0 Å². The fourth-order valence-corrected chi connectivity index (χ4v) is 2.63. The minimum Gasteiger partial charge on any atom is -0.466 e. The van der Waals surface area contributed by atoms with Crippen molar-refractivity contribution in [3.63, 3.8) is 0 Å². The molecule has 0 N–H and O–H groups in total. The lowest BCUT2D eigenvalue weighted by Gasteiger charge is -2.28. The van der Waals surface area contributed by atoms with Gasteiger partial charge in [-0.2, -0.15) is 0 Å². The Labute approximate surface area is 170 Å². The van der Waals surface area contributed by atoms with Crippen molar-refractivity contribution in [3.05, 3.63) is 0 Å². The van der Waals surface area contributed by atoms with Gasteiger partial charge in [0.25, 0.3) is 0 Å². The van der Waals surface area contributed by atoms with Crippen molar-refractivity contribution in [1.29, 1.82) is 0 Å². The third kappa shape index (κ3) is 8.49. The Hall–Kier alpha value is -2.65. The van der Waals surface area contributed by atoms with Crippen LogP contribution in [-0.2, 0) is 47.7 Å². The molecular formula is C19H30O10. The van der Waals surface area contributed by atoms with Crippen molar-refractivity contribution in [2.45, 2.75) is 41.0 Å². The van der Waals surface area contributed by atoms with Crippen LogP contribution >= 0.6 is 0 Å². The van der Waals surface area contributed by atoms with E-state index in [1.807, 2.05) is 0 Å². The van der Waals surface area contributed by atoms with E-state index in [-0.39, 0.29) is 33.0 Å². The molecule has 0 spiro atoms. The summed E-state index contributed by atoms with van der Waals surface area (Å²) in [5.41, 5.74) is 0. The second-order valence-corrected chi connectivity index (χ2v) is 5.63. The molecule has 10 heteroatoms. The molecule has 0 amide bonds. The first-order chi connectivity index (χ1) is 13.8. The van der Waals surface area contributed by atoms with Crippen LogP contribution in [-0.4, -0.2) is 62.9 Å². The second kappa shape index (κ2) is 14.4. The second-order valence-electron chi connectivity index (χ2n) is 5.63. The summed E-state index contributed by atoms with van der Waals surface area (Å²) in [7, 11) is 0. The highest BCUT2D eigenvalue weighted by molar-refractivity contribution is 6.01. The van der Waals surface area contributed by atoms with Crippen LogP contribution in [0, 0.1) is 17.8 Å². The van der Waals surface area contributed by atoms with Crippen molar-refractivity contribution in [1.82, 2.24) is 0 Å². The highest BCUT2D eigenvalue weighted by atomic mass is 16.6. The summed E-state index contributed by atoms with van der Waals surface area (Å²) in [4.78, 5) is 62.3. The monoisotopic (exact) mass is 418 g/mol. The molecule has 2 unspecified atom stereocenters. The standard InChI is InChI=1S/C19H30O10/c1-6-25-13(20)11-12(16(21)26-7-2)14(17(22)27-8-3)15(18(23)28-9-4)19(24)29-10-5/h12,14-15H,6-11H2,1-5H3. The minimum absolute atomic E-state index is 0.0393. The fraction of sp³-hybridized carbons (Fsp3) is 0.737. The molecule has 0 rings (SSSR count). The summed E-state index contributed by atoms with van der Waals surface area (Å²) in [6, 6.07) is 0.